The van der Waals surface area contributed by atoms with E-state index in [1.165, 1.54) is 45.1 Å². The maximum atomic E-state index is 5.29. The molecule has 0 aromatic carbocycles. The van der Waals surface area contributed by atoms with Crippen molar-refractivity contribution in [1.82, 2.24) is 10.6 Å². The molecule has 1 aliphatic heterocycles. The van der Waals surface area contributed by atoms with Crippen molar-refractivity contribution < 1.29 is 0 Å². The molecule has 0 aromatic rings. The van der Waals surface area contributed by atoms with Crippen molar-refractivity contribution in [2.75, 3.05) is 13.1 Å². The molecular formula is C15H26N2. The van der Waals surface area contributed by atoms with Gasteiger partial charge in [0.25, 0.3) is 0 Å². The molecule has 3 atom stereocenters. The molecule has 2 aliphatic rings. The fourth-order valence-electron chi connectivity index (χ4n) is 3.45. The third kappa shape index (κ3) is 3.72. The third-order valence-electron chi connectivity index (χ3n) is 4.34. The lowest BCUT2D eigenvalue weighted by atomic mass is 9.79. The molecule has 0 radical (unpaired) electrons. The fourth-order valence-corrected chi connectivity index (χ4v) is 3.45. The largest absolute Gasteiger partial charge is 0.314 e. The Balaban J connectivity index is 1.77. The number of rotatable bonds is 5. The third-order valence-corrected chi connectivity index (χ3v) is 4.34. The second-order valence-electron chi connectivity index (χ2n) is 5.52. The van der Waals surface area contributed by atoms with Gasteiger partial charge in [0, 0.05) is 18.5 Å². The van der Waals surface area contributed by atoms with Gasteiger partial charge in [0.2, 0.25) is 0 Å². The Morgan fingerprint density at radius 1 is 1.18 bits per heavy atom. The number of nitrogens with one attached hydrogen (secondary N) is 2. The molecule has 2 rings (SSSR count). The Morgan fingerprint density at radius 3 is 2.82 bits per heavy atom. The summed E-state index contributed by atoms with van der Waals surface area (Å²) in [5, 5.41) is 7.43. The maximum Gasteiger partial charge on any atom is 0.0111 e. The molecule has 0 amide bonds. The first kappa shape index (κ1) is 12.9. The summed E-state index contributed by atoms with van der Waals surface area (Å²) in [4.78, 5) is 0. The van der Waals surface area contributed by atoms with Crippen LogP contribution in [-0.4, -0.2) is 25.2 Å². The van der Waals surface area contributed by atoms with Crippen LogP contribution in [0.15, 0.2) is 0 Å². The molecule has 0 bridgehead atoms. The molecule has 17 heavy (non-hydrogen) atoms. The zero-order valence-electron chi connectivity index (χ0n) is 10.9. The normalized spacial score (nSPS) is 33.5. The van der Waals surface area contributed by atoms with E-state index >= 15 is 0 Å². The number of unbranched alkanes of at least 4 members (excludes halogenated alkanes) is 1. The van der Waals surface area contributed by atoms with E-state index in [2.05, 4.69) is 16.6 Å². The van der Waals surface area contributed by atoms with Gasteiger partial charge in [0.15, 0.2) is 0 Å². The van der Waals surface area contributed by atoms with Gasteiger partial charge in [-0.05, 0) is 51.1 Å². The summed E-state index contributed by atoms with van der Waals surface area (Å²) in [5.74, 6) is 3.58. The minimum Gasteiger partial charge on any atom is -0.314 e. The van der Waals surface area contributed by atoms with Crippen molar-refractivity contribution in [1.29, 1.82) is 0 Å². The molecule has 1 heterocycles. The minimum atomic E-state index is 0.733. The van der Waals surface area contributed by atoms with Crippen molar-refractivity contribution in [2.45, 2.75) is 63.5 Å². The monoisotopic (exact) mass is 234 g/mol. The van der Waals surface area contributed by atoms with Crippen LogP contribution in [0.2, 0.25) is 0 Å². The molecule has 0 aromatic heterocycles. The Morgan fingerprint density at radius 2 is 2.06 bits per heavy atom. The first-order chi connectivity index (χ1) is 8.42. The molecular weight excluding hydrogens is 208 g/mol. The smallest absolute Gasteiger partial charge is 0.0111 e. The lowest BCUT2D eigenvalue weighted by Crippen LogP contribution is -2.47. The van der Waals surface area contributed by atoms with Crippen molar-refractivity contribution in [3.05, 3.63) is 0 Å². The van der Waals surface area contributed by atoms with Gasteiger partial charge < -0.3 is 10.6 Å². The summed E-state index contributed by atoms with van der Waals surface area (Å²) < 4.78 is 0. The van der Waals surface area contributed by atoms with Gasteiger partial charge in [-0.3, -0.25) is 0 Å². The van der Waals surface area contributed by atoms with Gasteiger partial charge in [0.05, 0.1) is 0 Å². The first-order valence-corrected chi connectivity index (χ1v) is 7.32. The highest BCUT2D eigenvalue weighted by molar-refractivity contribution is 4.91. The number of hydrogen-bond donors (Lipinski definition) is 2. The second kappa shape index (κ2) is 7.03. The molecule has 2 heteroatoms. The van der Waals surface area contributed by atoms with E-state index < -0.39 is 0 Å². The zero-order valence-corrected chi connectivity index (χ0v) is 10.9. The van der Waals surface area contributed by atoms with Crippen LogP contribution in [0.3, 0.4) is 0 Å². The van der Waals surface area contributed by atoms with Crippen molar-refractivity contribution in [3.8, 4) is 12.3 Å². The molecule has 1 saturated carbocycles. The van der Waals surface area contributed by atoms with E-state index in [1.54, 1.807) is 0 Å². The van der Waals surface area contributed by atoms with Crippen molar-refractivity contribution in [3.63, 3.8) is 0 Å². The van der Waals surface area contributed by atoms with E-state index in [-0.39, 0.29) is 0 Å². The highest BCUT2D eigenvalue weighted by atomic mass is 15.0. The maximum absolute atomic E-state index is 5.29. The fraction of sp³-hybridized carbons (Fsp3) is 0.867. The van der Waals surface area contributed by atoms with E-state index in [9.17, 15) is 0 Å². The molecule has 3 unspecified atom stereocenters. The topological polar surface area (TPSA) is 24.1 Å². The molecule has 1 aliphatic carbocycles. The molecule has 2 nitrogen and oxygen atoms in total. The quantitative estimate of drug-likeness (QED) is 0.563. The van der Waals surface area contributed by atoms with Crippen LogP contribution >= 0.6 is 0 Å². The molecule has 2 N–H and O–H groups in total. The van der Waals surface area contributed by atoms with Crippen LogP contribution in [-0.2, 0) is 0 Å². The van der Waals surface area contributed by atoms with Crippen LogP contribution in [0.4, 0.5) is 0 Å². The summed E-state index contributed by atoms with van der Waals surface area (Å²) >= 11 is 0. The van der Waals surface area contributed by atoms with E-state index in [0.717, 1.165) is 37.4 Å². The Hall–Kier alpha value is -0.520. The predicted octanol–water partition coefficient (Wildman–Crippen LogP) is 2.30. The summed E-state index contributed by atoms with van der Waals surface area (Å²) in [6, 6.07) is 1.51. The van der Waals surface area contributed by atoms with Gasteiger partial charge in [-0.1, -0.05) is 12.8 Å². The average Bonchev–Trinajstić information content (AvgIpc) is 2.89. The van der Waals surface area contributed by atoms with Crippen LogP contribution in [0.5, 0.6) is 0 Å². The van der Waals surface area contributed by atoms with Gasteiger partial charge in [-0.15, -0.1) is 12.3 Å². The van der Waals surface area contributed by atoms with Crippen molar-refractivity contribution in [2.24, 2.45) is 5.92 Å². The lowest BCUT2D eigenvalue weighted by molar-refractivity contribution is 0.215. The Kier molecular flexibility index (Phi) is 5.35. The van der Waals surface area contributed by atoms with E-state index in [1.807, 2.05) is 0 Å². The van der Waals surface area contributed by atoms with Crippen LogP contribution < -0.4 is 10.6 Å². The number of hydrogen-bond acceptors (Lipinski definition) is 2. The first-order valence-electron chi connectivity index (χ1n) is 7.32. The molecule has 96 valence electrons. The van der Waals surface area contributed by atoms with E-state index in [4.69, 9.17) is 6.42 Å². The molecule has 2 fully saturated rings. The number of terminal acetylenes is 1. The summed E-state index contributed by atoms with van der Waals surface area (Å²) in [5.41, 5.74) is 0. The van der Waals surface area contributed by atoms with Gasteiger partial charge in [-0.25, -0.2) is 0 Å². The standard InChI is InChI=1S/C15H26N2/c1-2-3-6-11-16-14-9-5-4-8-13(14)15-10-7-12-17-15/h1,13-17H,3-12H2. The van der Waals surface area contributed by atoms with Gasteiger partial charge >= 0.3 is 0 Å². The van der Waals surface area contributed by atoms with Gasteiger partial charge in [0.1, 0.15) is 0 Å². The Labute approximate surface area is 106 Å². The van der Waals surface area contributed by atoms with Crippen LogP contribution in [0, 0.1) is 18.3 Å². The van der Waals surface area contributed by atoms with E-state index in [0.29, 0.717) is 0 Å². The average molecular weight is 234 g/mol. The predicted molar refractivity (Wildman–Crippen MR) is 72.8 cm³/mol. The van der Waals surface area contributed by atoms with Crippen molar-refractivity contribution >= 4 is 0 Å². The van der Waals surface area contributed by atoms with Crippen LogP contribution in [0.1, 0.15) is 51.4 Å². The lowest BCUT2D eigenvalue weighted by Gasteiger charge is -2.36. The summed E-state index contributed by atoms with van der Waals surface area (Å²) in [6.45, 7) is 2.32. The second-order valence-corrected chi connectivity index (χ2v) is 5.52. The minimum absolute atomic E-state index is 0.733. The summed E-state index contributed by atoms with van der Waals surface area (Å²) in [7, 11) is 0. The summed E-state index contributed by atoms with van der Waals surface area (Å²) in [6.07, 6.45) is 15.7. The SMILES string of the molecule is C#CCCCNC1CCCCC1C1CCCN1. The van der Waals surface area contributed by atoms with Gasteiger partial charge in [-0.2, -0.15) is 0 Å². The highest BCUT2D eigenvalue weighted by Crippen LogP contribution is 2.30. The Bertz CT molecular complexity index is 250. The zero-order chi connectivity index (χ0) is 11.9. The molecule has 0 spiro atoms. The van der Waals surface area contributed by atoms with Crippen LogP contribution in [0.25, 0.3) is 0 Å². The molecule has 1 saturated heterocycles. The highest BCUT2D eigenvalue weighted by Gasteiger charge is 2.32.